The van der Waals surface area contributed by atoms with Crippen LogP contribution >= 0.6 is 11.3 Å². The van der Waals surface area contributed by atoms with E-state index >= 15 is 0 Å². The van der Waals surface area contributed by atoms with Crippen molar-refractivity contribution in [1.29, 1.82) is 0 Å². The van der Waals surface area contributed by atoms with E-state index in [9.17, 15) is 5.11 Å². The maximum absolute atomic E-state index is 9.78. The summed E-state index contributed by atoms with van der Waals surface area (Å²) < 4.78 is 0. The number of rotatable bonds is 2. The van der Waals surface area contributed by atoms with E-state index in [0.29, 0.717) is 0 Å². The number of thiazole rings is 1. The van der Waals surface area contributed by atoms with Crippen molar-refractivity contribution in [1.82, 2.24) is 9.88 Å². The van der Waals surface area contributed by atoms with Gasteiger partial charge >= 0.3 is 0 Å². The molecule has 3 nitrogen and oxygen atoms in total. The maximum Gasteiger partial charge on any atom is 0.0795 e. The first-order valence-electron chi connectivity index (χ1n) is 4.97. The van der Waals surface area contributed by atoms with Crippen LogP contribution in [0.5, 0.6) is 0 Å². The van der Waals surface area contributed by atoms with Crippen LogP contribution in [0.2, 0.25) is 0 Å². The number of nitrogens with zero attached hydrogens (tertiary/aromatic N) is 2. The molecular formula is C10H16N2OS. The fourth-order valence-corrected chi connectivity index (χ4v) is 2.29. The Hall–Kier alpha value is -0.450. The van der Waals surface area contributed by atoms with Gasteiger partial charge in [0.1, 0.15) is 0 Å². The summed E-state index contributed by atoms with van der Waals surface area (Å²) in [7, 11) is 0. The predicted octanol–water partition coefficient (Wildman–Crippen LogP) is 1.49. The molecule has 1 saturated heterocycles. The van der Waals surface area contributed by atoms with Crippen LogP contribution in [-0.2, 0) is 6.54 Å². The van der Waals surface area contributed by atoms with Crippen molar-refractivity contribution in [2.75, 3.05) is 13.1 Å². The van der Waals surface area contributed by atoms with Crippen molar-refractivity contribution in [3.8, 4) is 0 Å². The molecule has 0 amide bonds. The Morgan fingerprint density at radius 3 is 2.86 bits per heavy atom. The van der Waals surface area contributed by atoms with Crippen molar-refractivity contribution in [3.05, 3.63) is 16.6 Å². The molecule has 14 heavy (non-hydrogen) atoms. The van der Waals surface area contributed by atoms with Gasteiger partial charge in [-0.1, -0.05) is 0 Å². The summed E-state index contributed by atoms with van der Waals surface area (Å²) in [4.78, 5) is 6.62. The van der Waals surface area contributed by atoms with Crippen LogP contribution in [0.4, 0.5) is 0 Å². The van der Waals surface area contributed by atoms with Crippen molar-refractivity contribution in [3.63, 3.8) is 0 Å². The first-order valence-corrected chi connectivity index (χ1v) is 5.92. The number of aromatic nitrogens is 1. The van der Waals surface area contributed by atoms with Crippen molar-refractivity contribution < 1.29 is 5.11 Å². The van der Waals surface area contributed by atoms with E-state index in [2.05, 4.69) is 15.3 Å². The van der Waals surface area contributed by atoms with Crippen molar-refractivity contribution in [2.24, 2.45) is 0 Å². The highest BCUT2D eigenvalue weighted by Gasteiger charge is 2.27. The van der Waals surface area contributed by atoms with Crippen LogP contribution in [-0.4, -0.2) is 33.7 Å². The summed E-state index contributed by atoms with van der Waals surface area (Å²) in [6.45, 7) is 4.81. The minimum Gasteiger partial charge on any atom is -0.390 e. The van der Waals surface area contributed by atoms with E-state index in [1.807, 2.05) is 12.4 Å². The quantitative estimate of drug-likeness (QED) is 0.807. The molecule has 1 N–H and O–H groups in total. The molecule has 0 spiro atoms. The Morgan fingerprint density at radius 2 is 2.29 bits per heavy atom. The Kier molecular flexibility index (Phi) is 2.85. The third-order valence-corrected chi connectivity index (χ3v) is 3.44. The molecule has 1 aliphatic rings. The largest absolute Gasteiger partial charge is 0.390 e. The smallest absolute Gasteiger partial charge is 0.0795 e. The van der Waals surface area contributed by atoms with E-state index < -0.39 is 5.60 Å². The third kappa shape index (κ3) is 2.53. The van der Waals surface area contributed by atoms with Gasteiger partial charge in [-0.05, 0) is 19.8 Å². The molecule has 78 valence electrons. The number of hydrogen-bond acceptors (Lipinski definition) is 4. The zero-order chi connectivity index (χ0) is 10.0. The molecule has 0 atom stereocenters. The van der Waals surface area contributed by atoms with E-state index in [1.165, 1.54) is 0 Å². The van der Waals surface area contributed by atoms with E-state index in [-0.39, 0.29) is 0 Å². The van der Waals surface area contributed by atoms with Gasteiger partial charge in [-0.2, -0.15) is 0 Å². The molecule has 0 radical (unpaired) electrons. The molecule has 0 aliphatic carbocycles. The number of likely N-dealkylation sites (tertiary alicyclic amines) is 1. The summed E-state index contributed by atoms with van der Waals surface area (Å²) in [6, 6.07) is 0. The lowest BCUT2D eigenvalue weighted by atomic mass is 9.94. The fraction of sp³-hybridized carbons (Fsp3) is 0.700. The van der Waals surface area contributed by atoms with Gasteiger partial charge in [-0.3, -0.25) is 4.90 Å². The average Bonchev–Trinajstić information content (AvgIpc) is 2.61. The molecule has 2 heterocycles. The fourth-order valence-electron chi connectivity index (χ4n) is 1.74. The summed E-state index contributed by atoms with van der Waals surface area (Å²) in [6.07, 6.45) is 1.74. The molecule has 0 aromatic carbocycles. The molecule has 4 heteroatoms. The van der Waals surface area contributed by atoms with Crippen LogP contribution in [0.25, 0.3) is 0 Å². The van der Waals surface area contributed by atoms with Crippen molar-refractivity contribution >= 4 is 11.3 Å². The molecule has 0 bridgehead atoms. The second-order valence-corrected chi connectivity index (χ2v) is 4.97. The minimum absolute atomic E-state index is 0.446. The van der Waals surface area contributed by atoms with Crippen molar-refractivity contribution in [2.45, 2.75) is 31.9 Å². The van der Waals surface area contributed by atoms with Gasteiger partial charge in [0.25, 0.3) is 0 Å². The minimum atomic E-state index is -0.446. The van der Waals surface area contributed by atoms with E-state index in [1.54, 1.807) is 11.3 Å². The van der Waals surface area contributed by atoms with Gasteiger partial charge in [0, 0.05) is 25.0 Å². The molecule has 2 rings (SSSR count). The summed E-state index contributed by atoms with van der Waals surface area (Å²) >= 11 is 1.64. The predicted molar refractivity (Wildman–Crippen MR) is 57.2 cm³/mol. The van der Waals surface area contributed by atoms with Gasteiger partial charge < -0.3 is 5.11 Å². The first kappa shape index (κ1) is 10.1. The highest BCUT2D eigenvalue weighted by molar-refractivity contribution is 7.07. The lowest BCUT2D eigenvalue weighted by Gasteiger charge is -2.35. The summed E-state index contributed by atoms with van der Waals surface area (Å²) in [5.74, 6) is 0. The second-order valence-electron chi connectivity index (χ2n) is 4.25. The normalized spacial score (nSPS) is 22.4. The van der Waals surface area contributed by atoms with E-state index in [4.69, 9.17) is 0 Å². The highest BCUT2D eigenvalue weighted by atomic mass is 32.1. The Bertz CT molecular complexity index is 274. The zero-order valence-electron chi connectivity index (χ0n) is 8.44. The zero-order valence-corrected chi connectivity index (χ0v) is 9.26. The van der Waals surface area contributed by atoms with Crippen LogP contribution in [0.3, 0.4) is 0 Å². The van der Waals surface area contributed by atoms with Gasteiger partial charge in [-0.25, -0.2) is 4.98 Å². The maximum atomic E-state index is 9.78. The molecule has 1 aromatic heterocycles. The average molecular weight is 212 g/mol. The number of piperidine rings is 1. The van der Waals surface area contributed by atoms with Crippen LogP contribution < -0.4 is 0 Å². The van der Waals surface area contributed by atoms with Gasteiger partial charge in [0.2, 0.25) is 0 Å². The monoisotopic (exact) mass is 212 g/mol. The first-order chi connectivity index (χ1) is 6.66. The van der Waals surface area contributed by atoms with Gasteiger partial charge in [-0.15, -0.1) is 11.3 Å². The van der Waals surface area contributed by atoms with E-state index in [0.717, 1.165) is 38.2 Å². The van der Waals surface area contributed by atoms with Crippen LogP contribution in [0, 0.1) is 0 Å². The lowest BCUT2D eigenvalue weighted by molar-refractivity contribution is -0.00753. The summed E-state index contributed by atoms with van der Waals surface area (Å²) in [5, 5.41) is 11.9. The van der Waals surface area contributed by atoms with Gasteiger partial charge in [0.05, 0.1) is 16.8 Å². The molecule has 1 aliphatic heterocycles. The van der Waals surface area contributed by atoms with Crippen LogP contribution in [0.15, 0.2) is 10.9 Å². The molecule has 1 fully saturated rings. The van der Waals surface area contributed by atoms with Gasteiger partial charge in [0.15, 0.2) is 0 Å². The number of hydrogen-bond donors (Lipinski definition) is 1. The standard InChI is InChI=1S/C10H16N2OS/c1-10(13)2-4-12(5-3-10)6-9-7-14-8-11-9/h7-8,13H,2-6H2,1H3. The van der Waals surface area contributed by atoms with Crippen LogP contribution in [0.1, 0.15) is 25.5 Å². The third-order valence-electron chi connectivity index (χ3n) is 2.80. The molecule has 1 aromatic rings. The Balaban J connectivity index is 1.85. The number of aliphatic hydroxyl groups is 1. The SMILES string of the molecule is CC1(O)CCN(Cc2cscn2)CC1. The molecular weight excluding hydrogens is 196 g/mol. The lowest BCUT2D eigenvalue weighted by Crippen LogP contribution is -2.41. The highest BCUT2D eigenvalue weighted by Crippen LogP contribution is 2.22. The summed E-state index contributed by atoms with van der Waals surface area (Å²) in [5.41, 5.74) is 2.57. The molecule has 0 saturated carbocycles. The Morgan fingerprint density at radius 1 is 1.57 bits per heavy atom. The topological polar surface area (TPSA) is 36.4 Å². The Labute approximate surface area is 88.4 Å². The second kappa shape index (κ2) is 3.96. The molecule has 0 unspecified atom stereocenters.